The Labute approximate surface area is 135 Å². The topological polar surface area (TPSA) is 144 Å². The molecule has 0 aromatic carbocycles. The van der Waals surface area contributed by atoms with E-state index in [2.05, 4.69) is 32.9 Å². The summed E-state index contributed by atoms with van der Waals surface area (Å²) in [6, 6.07) is -1.03. The van der Waals surface area contributed by atoms with E-state index in [0.717, 1.165) is 0 Å². The minimum atomic E-state index is -1.31. The minimum Gasteiger partial charge on any atom is -2.00 e. The van der Waals surface area contributed by atoms with Gasteiger partial charge in [0.2, 0.25) is 0 Å². The molecule has 1 radical (unpaired) electrons. The molecule has 0 aliphatic rings. The van der Waals surface area contributed by atoms with Gasteiger partial charge in [-0.1, -0.05) is 0 Å². The van der Waals surface area contributed by atoms with Crippen LogP contribution >= 0.6 is 0 Å². The van der Waals surface area contributed by atoms with E-state index in [1.807, 2.05) is 0 Å². The number of hydrogen-bond acceptors (Lipinski definition) is 7. The average molecular weight is 468 g/mol. The Hall–Kier alpha value is -1.05. The van der Waals surface area contributed by atoms with Crippen molar-refractivity contribution in [1.29, 1.82) is 0 Å². The standard InChI is InChI=1S/C10H13N4O3S.O.Re/c15-9(7-5-11-1-2-12-7)14-4-3-13-8(6-18)10(16)17;;/h1-2,5,8,18H,3-4,6H2,(H,14,15)(H,16,17);;/q-1;-2;/p-3. The minimum absolute atomic E-state index is 0. The first-order valence-electron chi connectivity index (χ1n) is 5.08. The molecule has 113 valence electrons. The van der Waals surface area contributed by atoms with Crippen LogP contribution in [0.5, 0.6) is 0 Å². The summed E-state index contributed by atoms with van der Waals surface area (Å²) in [5, 5.41) is 25.7. The number of aliphatic carboxylic acids is 1. The van der Waals surface area contributed by atoms with Crippen LogP contribution in [0.25, 0.3) is 5.32 Å². The molecule has 0 saturated carbocycles. The van der Waals surface area contributed by atoms with Crippen molar-refractivity contribution in [1.82, 2.24) is 9.97 Å². The third-order valence-corrected chi connectivity index (χ3v) is 2.23. The molecule has 8 nitrogen and oxygen atoms in total. The summed E-state index contributed by atoms with van der Waals surface area (Å²) in [7, 11) is 0. The van der Waals surface area contributed by atoms with E-state index in [1.54, 1.807) is 0 Å². The zero-order valence-electron chi connectivity index (χ0n) is 10.1. The van der Waals surface area contributed by atoms with Crippen molar-refractivity contribution < 1.29 is 40.9 Å². The normalized spacial score (nSPS) is 11.9. The summed E-state index contributed by atoms with van der Waals surface area (Å²) in [6.45, 7) is 0.176. The van der Waals surface area contributed by atoms with Crippen LogP contribution in [-0.2, 0) is 43.3 Å². The second-order valence-electron chi connectivity index (χ2n) is 3.19. The van der Waals surface area contributed by atoms with Gasteiger partial charge in [-0.3, -0.25) is 9.97 Å². The Morgan fingerprint density at radius 3 is 2.65 bits per heavy atom. The van der Waals surface area contributed by atoms with Crippen molar-refractivity contribution >= 4 is 24.5 Å². The van der Waals surface area contributed by atoms with Crippen molar-refractivity contribution in [2.45, 2.75) is 6.04 Å². The summed E-state index contributed by atoms with van der Waals surface area (Å²) in [5.41, 5.74) is 0.136. The predicted molar refractivity (Wildman–Crippen MR) is 63.4 cm³/mol. The molecule has 0 saturated heterocycles. The second-order valence-corrected chi connectivity index (χ2v) is 3.52. The fourth-order valence-corrected chi connectivity index (χ4v) is 1.29. The fourth-order valence-electron chi connectivity index (χ4n) is 1.05. The van der Waals surface area contributed by atoms with Crippen molar-refractivity contribution in [3.05, 3.63) is 29.6 Å². The van der Waals surface area contributed by atoms with Crippen LogP contribution in [0.15, 0.2) is 23.6 Å². The summed E-state index contributed by atoms with van der Waals surface area (Å²) >= 11 is 4.60. The zero-order chi connectivity index (χ0) is 13.4. The molecule has 0 aliphatic carbocycles. The van der Waals surface area contributed by atoms with E-state index in [1.165, 1.54) is 18.6 Å². The van der Waals surface area contributed by atoms with Gasteiger partial charge in [0.1, 0.15) is 0 Å². The Morgan fingerprint density at radius 2 is 2.15 bits per heavy atom. The molecule has 10 heteroatoms. The van der Waals surface area contributed by atoms with Gasteiger partial charge in [-0.05, 0) is 0 Å². The van der Waals surface area contributed by atoms with Gasteiger partial charge in [-0.2, -0.15) is 5.75 Å². The molecule has 0 spiro atoms. The second kappa shape index (κ2) is 11.8. The van der Waals surface area contributed by atoms with E-state index >= 15 is 0 Å². The summed E-state index contributed by atoms with van der Waals surface area (Å²) < 4.78 is 0. The molecule has 0 amide bonds. The molecule has 1 unspecified atom stereocenters. The molecular weight excluding hydrogens is 458 g/mol. The van der Waals surface area contributed by atoms with Crippen molar-refractivity contribution in [2.24, 2.45) is 4.99 Å². The molecule has 1 rings (SSSR count). The monoisotopic (exact) mass is 469 g/mol. The maximum Gasteiger partial charge on any atom is 0.0916 e. The molecule has 1 aromatic rings. The van der Waals surface area contributed by atoms with Crippen molar-refractivity contribution in [2.75, 3.05) is 18.8 Å². The Bertz CT molecular complexity index is 421. The van der Waals surface area contributed by atoms with Gasteiger partial charge >= 0.3 is 0 Å². The molecule has 0 bridgehead atoms. The van der Waals surface area contributed by atoms with Crippen LogP contribution in [-0.4, -0.2) is 46.7 Å². The maximum atomic E-state index is 11.4. The van der Waals surface area contributed by atoms with Gasteiger partial charge in [-0.15, -0.1) is 12.6 Å². The number of aliphatic imine (C=N–C) groups is 1. The predicted octanol–water partition coefficient (Wildman–Crippen LogP) is -2.50. The third kappa shape index (κ3) is 7.52. The van der Waals surface area contributed by atoms with Crippen molar-refractivity contribution in [3.8, 4) is 0 Å². The van der Waals surface area contributed by atoms with Gasteiger partial charge in [0.15, 0.2) is 0 Å². The molecular formula is C10H10N4O4ReS-6. The van der Waals surface area contributed by atoms with Crippen LogP contribution < -0.4 is 10.2 Å². The van der Waals surface area contributed by atoms with Gasteiger partial charge < -0.3 is 43.4 Å². The molecule has 0 fully saturated rings. The number of hydrogen-bond donors (Lipinski definition) is 0. The van der Waals surface area contributed by atoms with E-state index in [-0.39, 0.29) is 50.4 Å². The smallest absolute Gasteiger partial charge is 0.0916 e. The number of rotatable bonds is 7. The SMILES string of the molecule is O=C([O-])C(C[S-])[N-]CCN=C([O-])c1cnccn1.[O-2].[Re]. The quantitative estimate of drug-likeness (QED) is 0.187. The van der Waals surface area contributed by atoms with E-state index < -0.39 is 17.9 Å². The number of carboxylic acid groups (broad SMARTS) is 1. The molecule has 0 N–H and O–H groups in total. The number of aromatic nitrogens is 2. The number of carbonyl (C=O) groups excluding carboxylic acids is 1. The molecule has 1 heterocycles. The van der Waals surface area contributed by atoms with Crippen LogP contribution in [0.3, 0.4) is 0 Å². The molecule has 20 heavy (non-hydrogen) atoms. The van der Waals surface area contributed by atoms with Gasteiger partial charge in [-0.25, -0.2) is 0 Å². The third-order valence-electron chi connectivity index (χ3n) is 1.92. The van der Waals surface area contributed by atoms with Gasteiger partial charge in [0.05, 0.1) is 11.9 Å². The van der Waals surface area contributed by atoms with E-state index in [4.69, 9.17) is 0 Å². The van der Waals surface area contributed by atoms with E-state index in [9.17, 15) is 15.0 Å². The van der Waals surface area contributed by atoms with Crippen LogP contribution in [0.1, 0.15) is 5.69 Å². The molecule has 1 atom stereocenters. The Balaban J connectivity index is 0. The van der Waals surface area contributed by atoms with E-state index in [0.29, 0.717) is 0 Å². The van der Waals surface area contributed by atoms with Crippen LogP contribution in [0, 0.1) is 0 Å². The maximum absolute atomic E-state index is 11.4. The van der Waals surface area contributed by atoms with Gasteiger partial charge in [0.25, 0.3) is 0 Å². The number of carboxylic acids is 1. The first kappa shape index (κ1) is 21.3. The molecule has 1 aromatic heterocycles. The number of nitrogens with zero attached hydrogens (tertiary/aromatic N) is 4. The Kier molecular flexibility index (Phi) is 12.5. The van der Waals surface area contributed by atoms with Crippen LogP contribution in [0.2, 0.25) is 0 Å². The largest absolute Gasteiger partial charge is 2.00 e. The first-order chi connectivity index (χ1) is 8.65. The summed E-state index contributed by atoms with van der Waals surface area (Å²) in [4.78, 5) is 21.7. The first-order valence-corrected chi connectivity index (χ1v) is 5.66. The zero-order valence-corrected chi connectivity index (χ0v) is 13.7. The fraction of sp³-hybridized carbons (Fsp3) is 0.400. The van der Waals surface area contributed by atoms with Crippen LogP contribution in [0.4, 0.5) is 0 Å². The molecule has 0 aliphatic heterocycles. The summed E-state index contributed by atoms with van der Waals surface area (Å²) in [6.07, 6.45) is 4.13. The Morgan fingerprint density at radius 1 is 1.45 bits per heavy atom. The average Bonchev–Trinajstić information content (AvgIpc) is 2.39. The summed E-state index contributed by atoms with van der Waals surface area (Å²) in [5.74, 6) is -1.88. The van der Waals surface area contributed by atoms with Crippen molar-refractivity contribution in [3.63, 3.8) is 0 Å². The number of carbonyl (C=O) groups is 1. The van der Waals surface area contributed by atoms with Gasteiger partial charge in [0, 0.05) is 51.2 Å².